The fraction of sp³-hybridized carbons (Fsp3) is 0.250. The van der Waals surface area contributed by atoms with E-state index in [1.54, 1.807) is 24.3 Å². The molecule has 3 aromatic carbocycles. The maximum atomic E-state index is 13.1. The van der Waals surface area contributed by atoms with Gasteiger partial charge in [0.05, 0.1) is 11.0 Å². The lowest BCUT2D eigenvalue weighted by Gasteiger charge is -2.09. The highest BCUT2D eigenvalue weighted by Gasteiger charge is 2.10. The van der Waals surface area contributed by atoms with Gasteiger partial charge in [0.25, 0.3) is 0 Å². The van der Waals surface area contributed by atoms with E-state index >= 15 is 0 Å². The molecule has 0 aliphatic heterocycles. The van der Waals surface area contributed by atoms with Crippen molar-refractivity contribution in [2.75, 3.05) is 11.5 Å². The second-order valence-corrected chi connectivity index (χ2v) is 11.8. The summed E-state index contributed by atoms with van der Waals surface area (Å²) in [5.74, 6) is 2.21. The minimum absolute atomic E-state index is 0.0724. The van der Waals surface area contributed by atoms with Crippen LogP contribution in [0.4, 0.5) is 0 Å². The Labute approximate surface area is 231 Å². The molecule has 0 fully saturated rings. The Hall–Kier alpha value is -3.22. The first-order chi connectivity index (χ1) is 18.6. The van der Waals surface area contributed by atoms with Crippen molar-refractivity contribution in [3.8, 4) is 22.5 Å². The minimum atomic E-state index is -0.0724. The van der Waals surface area contributed by atoms with Crippen molar-refractivity contribution in [2.45, 2.75) is 49.3 Å². The second kappa shape index (κ2) is 12.1. The first-order valence-electron chi connectivity index (χ1n) is 13.3. The number of fused-ring (bicyclic) bond motifs is 2. The lowest BCUT2D eigenvalue weighted by molar-refractivity contribution is 0.896. The van der Waals surface area contributed by atoms with Crippen LogP contribution in [0.5, 0.6) is 0 Å². The number of aromatic amines is 2. The molecule has 0 aliphatic rings. The molecule has 0 radical (unpaired) electrons. The van der Waals surface area contributed by atoms with Crippen LogP contribution < -0.4 is 10.9 Å². The van der Waals surface area contributed by atoms with Crippen LogP contribution in [0, 0.1) is 0 Å². The Balaban J connectivity index is 1.46. The molecule has 0 saturated carbocycles. The van der Waals surface area contributed by atoms with Gasteiger partial charge in [-0.25, -0.2) is 0 Å². The fourth-order valence-corrected chi connectivity index (χ4v) is 6.43. The number of hydrogen-bond acceptors (Lipinski definition) is 4. The van der Waals surface area contributed by atoms with E-state index in [2.05, 4.69) is 48.1 Å². The number of aromatic nitrogens is 2. The molecule has 0 bridgehead atoms. The highest BCUT2D eigenvalue weighted by Crippen LogP contribution is 2.27. The summed E-state index contributed by atoms with van der Waals surface area (Å²) in [4.78, 5) is 35.5. The molecule has 0 aliphatic carbocycles. The highest BCUT2D eigenvalue weighted by molar-refractivity contribution is 7.99. The topological polar surface area (TPSA) is 65.7 Å². The van der Waals surface area contributed by atoms with E-state index in [-0.39, 0.29) is 10.9 Å². The lowest BCUT2D eigenvalue weighted by Crippen LogP contribution is -2.07. The molecule has 2 N–H and O–H groups in total. The quantitative estimate of drug-likeness (QED) is 0.106. The van der Waals surface area contributed by atoms with E-state index in [1.165, 1.54) is 35.5 Å². The Morgan fingerprint density at radius 1 is 0.579 bits per heavy atom. The van der Waals surface area contributed by atoms with Crippen LogP contribution in [0.25, 0.3) is 44.3 Å². The minimum Gasteiger partial charge on any atom is -0.354 e. The van der Waals surface area contributed by atoms with Crippen LogP contribution in [-0.4, -0.2) is 21.5 Å². The second-order valence-electron chi connectivity index (χ2n) is 9.49. The molecular weight excluding hydrogens is 508 g/mol. The van der Waals surface area contributed by atoms with Crippen LogP contribution in [0.3, 0.4) is 0 Å². The highest BCUT2D eigenvalue weighted by atomic mass is 32.2. The number of H-pyrrole nitrogens is 2. The number of pyridine rings is 2. The third-order valence-electron chi connectivity index (χ3n) is 6.64. The molecule has 38 heavy (non-hydrogen) atoms. The molecule has 0 amide bonds. The average Bonchev–Trinajstić information content (AvgIpc) is 2.93. The molecule has 0 spiro atoms. The largest absolute Gasteiger partial charge is 0.354 e. The zero-order valence-corrected chi connectivity index (χ0v) is 23.4. The van der Waals surface area contributed by atoms with Crippen LogP contribution >= 0.6 is 23.5 Å². The third-order valence-corrected chi connectivity index (χ3v) is 8.84. The molecule has 194 valence electrons. The van der Waals surface area contributed by atoms with Gasteiger partial charge in [0.2, 0.25) is 0 Å². The maximum absolute atomic E-state index is 13.1. The van der Waals surface area contributed by atoms with Gasteiger partial charge in [-0.1, -0.05) is 51.0 Å². The first-order valence-corrected chi connectivity index (χ1v) is 15.2. The predicted octanol–water partition coefficient (Wildman–Crippen LogP) is 8.49. The maximum Gasteiger partial charge on any atom is 0.190 e. The van der Waals surface area contributed by atoms with E-state index in [0.29, 0.717) is 21.8 Å². The van der Waals surface area contributed by atoms with Crippen molar-refractivity contribution in [2.24, 2.45) is 0 Å². The summed E-state index contributed by atoms with van der Waals surface area (Å²) < 4.78 is 0. The molecule has 2 heterocycles. The summed E-state index contributed by atoms with van der Waals surface area (Å²) >= 11 is 3.70. The lowest BCUT2D eigenvalue weighted by atomic mass is 10.1. The zero-order valence-electron chi connectivity index (χ0n) is 21.8. The predicted molar refractivity (Wildman–Crippen MR) is 165 cm³/mol. The van der Waals surface area contributed by atoms with Gasteiger partial charge in [0, 0.05) is 44.1 Å². The van der Waals surface area contributed by atoms with Crippen molar-refractivity contribution in [3.63, 3.8) is 0 Å². The number of rotatable bonds is 10. The Kier molecular flexibility index (Phi) is 8.40. The molecule has 6 heteroatoms. The average molecular weight is 541 g/mol. The number of nitrogens with one attached hydrogen (secondary N) is 2. The van der Waals surface area contributed by atoms with Crippen LogP contribution in [-0.2, 0) is 0 Å². The monoisotopic (exact) mass is 540 g/mol. The SMILES string of the molecule is CCCCSc1ccc(-c2cc(=O)c3cc4[nH]c(-c5ccc(SCCCC)cc5)cc(=O)c4cc3[nH]2)cc1. The third kappa shape index (κ3) is 5.92. The first kappa shape index (κ1) is 26.4. The van der Waals surface area contributed by atoms with E-state index in [1.807, 2.05) is 47.8 Å². The molecule has 0 saturated heterocycles. The van der Waals surface area contributed by atoms with Gasteiger partial charge in [-0.3, -0.25) is 9.59 Å². The summed E-state index contributed by atoms with van der Waals surface area (Å²) in [6.07, 6.45) is 4.77. The smallest absolute Gasteiger partial charge is 0.190 e. The van der Waals surface area contributed by atoms with Crippen molar-refractivity contribution < 1.29 is 0 Å². The van der Waals surface area contributed by atoms with Gasteiger partial charge in [0.15, 0.2) is 10.9 Å². The van der Waals surface area contributed by atoms with Gasteiger partial charge < -0.3 is 9.97 Å². The standard InChI is InChI=1S/C32H32N2O2S2/c1-3-5-15-37-23-11-7-21(8-12-23)27-19-31(35)25-18-30-26(17-29(25)33-27)32(36)20-28(34-30)22-9-13-24(14-10-22)38-16-6-4-2/h7-14,17-20H,3-6,15-16H2,1-2H3,(H,33,35)(H,34,36). The number of thioether (sulfide) groups is 2. The van der Waals surface area contributed by atoms with Gasteiger partial charge in [-0.2, -0.15) is 0 Å². The van der Waals surface area contributed by atoms with Crippen molar-refractivity contribution in [3.05, 3.63) is 93.2 Å². The summed E-state index contributed by atoms with van der Waals surface area (Å²) in [5, 5.41) is 1.12. The summed E-state index contributed by atoms with van der Waals surface area (Å²) in [6.45, 7) is 4.39. The normalized spacial score (nSPS) is 11.4. The Morgan fingerprint density at radius 2 is 0.974 bits per heavy atom. The van der Waals surface area contributed by atoms with Crippen LogP contribution in [0.1, 0.15) is 39.5 Å². The van der Waals surface area contributed by atoms with E-state index < -0.39 is 0 Å². The van der Waals surface area contributed by atoms with E-state index in [9.17, 15) is 9.59 Å². The molecule has 4 nitrogen and oxygen atoms in total. The van der Waals surface area contributed by atoms with Gasteiger partial charge >= 0.3 is 0 Å². The molecular formula is C32H32N2O2S2. The van der Waals surface area contributed by atoms with Gasteiger partial charge in [0.1, 0.15) is 0 Å². The zero-order chi connectivity index (χ0) is 26.5. The summed E-state index contributed by atoms with van der Waals surface area (Å²) in [5.41, 5.74) is 4.57. The molecule has 0 atom stereocenters. The van der Waals surface area contributed by atoms with Crippen molar-refractivity contribution in [1.29, 1.82) is 0 Å². The molecule has 0 unspecified atom stereocenters. The number of unbranched alkanes of at least 4 members (excludes halogenated alkanes) is 2. The van der Waals surface area contributed by atoms with Crippen molar-refractivity contribution >= 4 is 45.3 Å². The molecule has 5 rings (SSSR count). The molecule has 2 aromatic heterocycles. The van der Waals surface area contributed by atoms with Crippen LogP contribution in [0.15, 0.2) is 92.2 Å². The number of hydrogen-bond donors (Lipinski definition) is 2. The fourth-order valence-electron chi connectivity index (χ4n) is 4.44. The Morgan fingerprint density at radius 3 is 1.34 bits per heavy atom. The van der Waals surface area contributed by atoms with Crippen LogP contribution in [0.2, 0.25) is 0 Å². The molecule has 5 aromatic rings. The number of benzene rings is 3. The van der Waals surface area contributed by atoms with Gasteiger partial charge in [-0.15, -0.1) is 23.5 Å². The summed E-state index contributed by atoms with van der Waals surface area (Å²) in [6, 6.07) is 23.4. The Bertz CT molecular complexity index is 1540. The van der Waals surface area contributed by atoms with E-state index in [0.717, 1.165) is 34.0 Å². The van der Waals surface area contributed by atoms with Gasteiger partial charge in [-0.05, 0) is 71.9 Å². The van der Waals surface area contributed by atoms with Crippen molar-refractivity contribution in [1.82, 2.24) is 9.97 Å². The van der Waals surface area contributed by atoms with E-state index in [4.69, 9.17) is 0 Å². The summed E-state index contributed by atoms with van der Waals surface area (Å²) in [7, 11) is 0.